The zero-order chi connectivity index (χ0) is 45.3. The molecule has 1 heterocycles. The molecular formula is C53H26B10N2. The maximum absolute atomic E-state index is 6.85. The van der Waals surface area contributed by atoms with Gasteiger partial charge in [-0.05, 0) is 73.1 Å². The normalized spacial score (nSPS) is 11.4. The van der Waals surface area contributed by atoms with Crippen molar-refractivity contribution in [1.82, 2.24) is 9.55 Å². The van der Waals surface area contributed by atoms with Crippen molar-refractivity contribution in [3.8, 4) is 73.0 Å². The lowest BCUT2D eigenvalue weighted by molar-refractivity contribution is 1.07. The molecule has 0 unspecified atom stereocenters. The fourth-order valence-corrected chi connectivity index (χ4v) is 9.05. The highest BCUT2D eigenvalue weighted by molar-refractivity contribution is 6.70. The van der Waals surface area contributed by atoms with E-state index in [1.165, 1.54) is 0 Å². The first-order chi connectivity index (χ1) is 31.5. The third kappa shape index (κ3) is 6.92. The van der Waals surface area contributed by atoms with Crippen LogP contribution in [-0.2, 0) is 0 Å². The average Bonchev–Trinajstić information content (AvgIpc) is 3.76. The minimum atomic E-state index is 0.114. The lowest BCUT2D eigenvalue weighted by Crippen LogP contribution is -2.55. The molecule has 0 aliphatic heterocycles. The highest BCUT2D eigenvalue weighted by Gasteiger charge is 2.25. The van der Waals surface area contributed by atoms with Gasteiger partial charge in [0.1, 0.15) is 84.3 Å². The first-order valence-electron chi connectivity index (χ1n) is 20.9. The molecule has 10 aromatic rings. The number of benzene rings is 9. The van der Waals surface area contributed by atoms with Crippen LogP contribution >= 0.6 is 0 Å². The summed E-state index contributed by atoms with van der Waals surface area (Å²) in [6.07, 6.45) is 0. The Kier molecular flexibility index (Phi) is 10.9. The molecule has 20 radical (unpaired) electrons. The van der Waals surface area contributed by atoms with E-state index in [1.54, 1.807) is 0 Å². The molecule has 12 heteroatoms. The summed E-state index contributed by atoms with van der Waals surface area (Å²) in [5.74, 6) is 0.791. The number of hydrogen-bond acceptors (Lipinski definition) is 1. The van der Waals surface area contributed by atoms with E-state index in [4.69, 9.17) is 83.4 Å². The lowest BCUT2D eigenvalue weighted by atomic mass is 9.58. The van der Waals surface area contributed by atoms with Gasteiger partial charge in [-0.3, -0.25) is 4.57 Å². The van der Waals surface area contributed by atoms with Gasteiger partial charge in [-0.2, -0.15) is 0 Å². The van der Waals surface area contributed by atoms with Crippen molar-refractivity contribution in [3.05, 3.63) is 158 Å². The van der Waals surface area contributed by atoms with Crippen LogP contribution in [0.5, 0.6) is 0 Å². The summed E-state index contributed by atoms with van der Waals surface area (Å²) >= 11 is 0. The SMILES string of the molecule is [B]c1c([B])c([B])c(-c2c3ccccc3c(-c3c([B])c([B])c([B])c([B])c3[B])c3cc(-c4ccc(-c5nc(-c6ccccc6)c(-c6ccccc6)n5-c5ccccc5)cc4)ccc23)c([B])c1[B]. The van der Waals surface area contributed by atoms with E-state index < -0.39 is 0 Å². The van der Waals surface area contributed by atoms with Crippen molar-refractivity contribution < 1.29 is 0 Å². The van der Waals surface area contributed by atoms with Crippen LogP contribution in [0.25, 0.3) is 94.5 Å². The summed E-state index contributed by atoms with van der Waals surface area (Å²) in [4.78, 5) is 5.39. The van der Waals surface area contributed by atoms with Gasteiger partial charge in [-0.25, -0.2) is 4.98 Å². The van der Waals surface area contributed by atoms with Crippen molar-refractivity contribution >= 4 is 155 Å². The minimum Gasteiger partial charge on any atom is -0.292 e. The molecule has 10 rings (SSSR count). The summed E-state index contributed by atoms with van der Waals surface area (Å²) in [5, 5.41) is 3.02. The van der Waals surface area contributed by atoms with Crippen LogP contribution in [0.3, 0.4) is 0 Å². The average molecular weight is 799 g/mol. The van der Waals surface area contributed by atoms with Crippen molar-refractivity contribution in [1.29, 1.82) is 0 Å². The summed E-state index contributed by atoms with van der Waals surface area (Å²) in [7, 11) is 65.9. The Morgan fingerprint density at radius 3 is 1.18 bits per heavy atom. The van der Waals surface area contributed by atoms with Crippen LogP contribution in [0, 0.1) is 0 Å². The Hall–Kier alpha value is -6.64. The van der Waals surface area contributed by atoms with Crippen LogP contribution in [0.15, 0.2) is 158 Å². The van der Waals surface area contributed by atoms with Crippen molar-refractivity contribution in [2.75, 3.05) is 0 Å². The van der Waals surface area contributed by atoms with Gasteiger partial charge in [0.25, 0.3) is 0 Å². The lowest BCUT2D eigenvalue weighted by Gasteiger charge is -2.27. The van der Waals surface area contributed by atoms with E-state index >= 15 is 0 Å². The second-order valence-corrected chi connectivity index (χ2v) is 16.1. The van der Waals surface area contributed by atoms with E-state index in [-0.39, 0.29) is 54.6 Å². The topological polar surface area (TPSA) is 17.8 Å². The summed E-state index contributed by atoms with van der Waals surface area (Å²) < 4.78 is 2.23. The number of rotatable bonds is 7. The van der Waals surface area contributed by atoms with Crippen LogP contribution < -0.4 is 54.6 Å². The predicted octanol–water partition coefficient (Wildman–Crippen LogP) is 2.12. The Morgan fingerprint density at radius 1 is 0.292 bits per heavy atom. The highest BCUT2D eigenvalue weighted by Crippen LogP contribution is 2.44. The molecule has 65 heavy (non-hydrogen) atoms. The van der Waals surface area contributed by atoms with Gasteiger partial charge in [-0.15, -0.1) is 32.8 Å². The molecule has 0 bridgehead atoms. The number of hydrogen-bond donors (Lipinski definition) is 0. The van der Waals surface area contributed by atoms with Gasteiger partial charge in [-0.1, -0.05) is 161 Å². The highest BCUT2D eigenvalue weighted by atomic mass is 15.1. The molecule has 0 fully saturated rings. The summed E-state index contributed by atoms with van der Waals surface area (Å²) in [6.45, 7) is 0. The third-order valence-electron chi connectivity index (χ3n) is 12.4. The maximum Gasteiger partial charge on any atom is 0.145 e. The largest absolute Gasteiger partial charge is 0.292 e. The van der Waals surface area contributed by atoms with E-state index in [0.717, 1.165) is 72.3 Å². The van der Waals surface area contributed by atoms with Crippen molar-refractivity contribution in [2.24, 2.45) is 0 Å². The van der Waals surface area contributed by atoms with E-state index in [9.17, 15) is 0 Å². The number of aromatic nitrogens is 2. The minimum absolute atomic E-state index is 0.114. The van der Waals surface area contributed by atoms with Crippen LogP contribution in [0.4, 0.5) is 0 Å². The maximum atomic E-state index is 6.85. The number of imidazole rings is 1. The molecule has 2 nitrogen and oxygen atoms in total. The number of nitrogens with zero attached hydrogens (tertiary/aromatic N) is 2. The Labute approximate surface area is 392 Å². The molecule has 0 amide bonds. The van der Waals surface area contributed by atoms with Crippen LogP contribution in [0.2, 0.25) is 0 Å². The van der Waals surface area contributed by atoms with Gasteiger partial charge in [0.05, 0.1) is 11.4 Å². The third-order valence-corrected chi connectivity index (χ3v) is 12.4. The molecule has 0 atom stereocenters. The Morgan fingerprint density at radius 2 is 0.677 bits per heavy atom. The predicted molar refractivity (Wildman–Crippen MR) is 285 cm³/mol. The van der Waals surface area contributed by atoms with Crippen molar-refractivity contribution in [2.45, 2.75) is 0 Å². The van der Waals surface area contributed by atoms with Crippen molar-refractivity contribution in [3.63, 3.8) is 0 Å². The first kappa shape index (κ1) is 42.3. The second-order valence-electron chi connectivity index (χ2n) is 16.1. The van der Waals surface area contributed by atoms with E-state index in [0.29, 0.717) is 22.3 Å². The van der Waals surface area contributed by atoms with E-state index in [1.807, 2.05) is 91.0 Å². The molecular weight excluding hydrogens is 773 g/mol. The van der Waals surface area contributed by atoms with Crippen LogP contribution in [0.1, 0.15) is 0 Å². The number of fused-ring (bicyclic) bond motifs is 2. The standard InChI is InChI=1S/C53H26B10N2/c54-41-39(42(55)46(59)49(62)45(41)58)37-33-18-10-11-19-34(33)38(40-43(56)47(60)50(63)48(61)44(40)57)36-26-31(24-25-35(36)37)27-20-22-30(23-21-27)53-64-51(28-12-4-1-5-13-28)52(29-14-6-2-7-15-29)65(53)32-16-8-3-9-17-32/h1-26H. The molecule has 0 spiro atoms. The van der Waals surface area contributed by atoms with Gasteiger partial charge in [0.2, 0.25) is 0 Å². The fraction of sp³-hybridized carbons (Fsp3) is 0. The summed E-state index contributed by atoms with van der Waals surface area (Å²) in [6, 6.07) is 53.2. The zero-order valence-corrected chi connectivity index (χ0v) is 35.2. The van der Waals surface area contributed by atoms with Crippen LogP contribution in [-0.4, -0.2) is 88.0 Å². The zero-order valence-electron chi connectivity index (χ0n) is 35.2. The Bertz CT molecular complexity index is 3460. The second kappa shape index (κ2) is 16.7. The molecule has 0 aliphatic rings. The van der Waals surface area contributed by atoms with Gasteiger partial charge in [0, 0.05) is 22.4 Å². The van der Waals surface area contributed by atoms with Gasteiger partial charge in [0.15, 0.2) is 0 Å². The molecule has 9 aromatic carbocycles. The summed E-state index contributed by atoms with van der Waals surface area (Å²) in [5.41, 5.74) is 11.5. The quantitative estimate of drug-likeness (QED) is 0.179. The number of para-hydroxylation sites is 1. The monoisotopic (exact) mass is 800 g/mol. The fourth-order valence-electron chi connectivity index (χ4n) is 9.05. The molecule has 0 saturated carbocycles. The Balaban J connectivity index is 1.23. The molecule has 0 aliphatic carbocycles. The molecule has 0 saturated heterocycles. The molecule has 278 valence electrons. The molecule has 1 aromatic heterocycles. The first-order valence-corrected chi connectivity index (χ1v) is 20.9. The van der Waals surface area contributed by atoms with E-state index in [2.05, 4.69) is 71.3 Å². The molecule has 0 N–H and O–H groups in total. The smallest absolute Gasteiger partial charge is 0.145 e. The van der Waals surface area contributed by atoms with Gasteiger partial charge >= 0.3 is 0 Å². The van der Waals surface area contributed by atoms with Gasteiger partial charge < -0.3 is 0 Å².